The maximum atomic E-state index is 2.58. The van der Waals surface area contributed by atoms with Crippen LogP contribution < -0.4 is 0 Å². The molecule has 0 saturated carbocycles. The normalized spacial score (nSPS) is 35.5. The number of rotatable bonds is 4. The van der Waals surface area contributed by atoms with Gasteiger partial charge in [0.2, 0.25) is 0 Å². The highest BCUT2D eigenvalue weighted by atomic mass is 15.2. The Kier molecular flexibility index (Phi) is 4.24. The number of hydrogen-bond donors (Lipinski definition) is 0. The molecule has 13 heavy (non-hydrogen) atoms. The maximum absolute atomic E-state index is 2.58. The Labute approximate surface area is 83.5 Å². The van der Waals surface area contributed by atoms with E-state index in [-0.39, 0.29) is 0 Å². The van der Waals surface area contributed by atoms with Crippen molar-refractivity contribution < 1.29 is 0 Å². The molecule has 0 N–H and O–H groups in total. The van der Waals surface area contributed by atoms with E-state index in [0.29, 0.717) is 0 Å². The molecule has 1 fully saturated rings. The second-order valence-electron chi connectivity index (χ2n) is 4.63. The third kappa shape index (κ3) is 2.46. The largest absolute Gasteiger partial charge is 0.300 e. The smallest absolute Gasteiger partial charge is 0.0121 e. The third-order valence-electron chi connectivity index (χ3n) is 3.75. The summed E-state index contributed by atoms with van der Waals surface area (Å²) in [6, 6.07) is 1.67. The van der Waals surface area contributed by atoms with E-state index in [0.717, 1.165) is 18.0 Å². The molecule has 0 radical (unpaired) electrons. The molecule has 1 heterocycles. The molecule has 0 bridgehead atoms. The molecule has 1 saturated heterocycles. The molecule has 1 aliphatic rings. The topological polar surface area (TPSA) is 3.24 Å². The van der Waals surface area contributed by atoms with Crippen LogP contribution in [0.4, 0.5) is 0 Å². The second-order valence-corrected chi connectivity index (χ2v) is 4.63. The highest BCUT2D eigenvalue weighted by Gasteiger charge is 2.34. The lowest BCUT2D eigenvalue weighted by Gasteiger charge is -2.25. The molecular weight excluding hydrogens is 158 g/mol. The van der Waals surface area contributed by atoms with Crippen molar-refractivity contribution >= 4 is 0 Å². The van der Waals surface area contributed by atoms with Gasteiger partial charge in [0.05, 0.1) is 0 Å². The SMILES string of the molecule is CCCC[C@@H]1CC(C)N(C)C1CC. The predicted octanol–water partition coefficient (Wildman–Crippen LogP) is 3.30. The lowest BCUT2D eigenvalue weighted by atomic mass is 9.92. The standard InChI is InChI=1S/C12H25N/c1-5-7-8-11-9-10(3)13(4)12(11)6-2/h10-12H,5-9H2,1-4H3/t10?,11-,12?/m1/s1. The summed E-state index contributed by atoms with van der Waals surface area (Å²) in [6.07, 6.45) is 6.97. The maximum Gasteiger partial charge on any atom is 0.0121 e. The molecule has 1 rings (SSSR count). The fraction of sp³-hybridized carbons (Fsp3) is 1.00. The molecule has 0 spiro atoms. The Bertz CT molecular complexity index is 144. The average Bonchev–Trinajstić information content (AvgIpc) is 2.39. The van der Waals surface area contributed by atoms with Crippen molar-refractivity contribution in [2.24, 2.45) is 5.92 Å². The first-order chi connectivity index (χ1) is 6.20. The average molecular weight is 183 g/mol. The van der Waals surface area contributed by atoms with E-state index in [1.54, 1.807) is 0 Å². The van der Waals surface area contributed by atoms with Crippen LogP contribution >= 0.6 is 0 Å². The van der Waals surface area contributed by atoms with Crippen LogP contribution in [0.1, 0.15) is 52.9 Å². The summed E-state index contributed by atoms with van der Waals surface area (Å²) in [5, 5.41) is 0. The third-order valence-corrected chi connectivity index (χ3v) is 3.75. The van der Waals surface area contributed by atoms with Gasteiger partial charge < -0.3 is 4.90 Å². The van der Waals surface area contributed by atoms with Crippen molar-refractivity contribution in [3.05, 3.63) is 0 Å². The van der Waals surface area contributed by atoms with Gasteiger partial charge in [-0.2, -0.15) is 0 Å². The van der Waals surface area contributed by atoms with Crippen LogP contribution in [0.15, 0.2) is 0 Å². The molecule has 3 atom stereocenters. The first-order valence-corrected chi connectivity index (χ1v) is 5.92. The van der Waals surface area contributed by atoms with E-state index in [1.165, 1.54) is 32.1 Å². The van der Waals surface area contributed by atoms with Crippen LogP contribution in [0.2, 0.25) is 0 Å². The number of hydrogen-bond acceptors (Lipinski definition) is 1. The first-order valence-electron chi connectivity index (χ1n) is 5.92. The molecule has 0 aromatic rings. The van der Waals surface area contributed by atoms with Crippen LogP contribution in [-0.2, 0) is 0 Å². The van der Waals surface area contributed by atoms with Crippen molar-refractivity contribution in [1.29, 1.82) is 0 Å². The summed E-state index contributed by atoms with van der Waals surface area (Å²) in [6.45, 7) is 7.00. The number of unbranched alkanes of at least 4 members (excludes halogenated alkanes) is 1. The highest BCUT2D eigenvalue weighted by Crippen LogP contribution is 2.33. The summed E-state index contributed by atoms with van der Waals surface area (Å²) in [5.74, 6) is 0.977. The van der Waals surface area contributed by atoms with Crippen LogP contribution in [0.5, 0.6) is 0 Å². The molecule has 78 valence electrons. The van der Waals surface area contributed by atoms with E-state index in [4.69, 9.17) is 0 Å². The molecule has 1 heteroatoms. The van der Waals surface area contributed by atoms with E-state index >= 15 is 0 Å². The van der Waals surface area contributed by atoms with Gasteiger partial charge in [0.15, 0.2) is 0 Å². The van der Waals surface area contributed by atoms with Gasteiger partial charge in [-0.1, -0.05) is 26.7 Å². The summed E-state index contributed by atoms with van der Waals surface area (Å²) >= 11 is 0. The summed E-state index contributed by atoms with van der Waals surface area (Å²) in [4.78, 5) is 2.58. The fourth-order valence-corrected chi connectivity index (χ4v) is 2.82. The minimum absolute atomic E-state index is 0.812. The molecule has 1 nitrogen and oxygen atoms in total. The zero-order valence-electron chi connectivity index (χ0n) is 9.71. The zero-order valence-corrected chi connectivity index (χ0v) is 9.71. The van der Waals surface area contributed by atoms with Gasteiger partial charge in [-0.3, -0.25) is 0 Å². The van der Waals surface area contributed by atoms with Crippen LogP contribution in [-0.4, -0.2) is 24.0 Å². The van der Waals surface area contributed by atoms with E-state index in [2.05, 4.69) is 32.7 Å². The molecule has 1 aliphatic heterocycles. The van der Waals surface area contributed by atoms with E-state index < -0.39 is 0 Å². The molecule has 0 aliphatic carbocycles. The second kappa shape index (κ2) is 4.99. The Morgan fingerprint density at radius 2 is 2.00 bits per heavy atom. The number of likely N-dealkylation sites (tertiary alicyclic amines) is 1. The molecule has 0 aromatic carbocycles. The van der Waals surface area contributed by atoms with Gasteiger partial charge in [-0.05, 0) is 39.2 Å². The Morgan fingerprint density at radius 1 is 1.31 bits per heavy atom. The van der Waals surface area contributed by atoms with Crippen molar-refractivity contribution in [3.8, 4) is 0 Å². The lowest BCUT2D eigenvalue weighted by Crippen LogP contribution is -2.32. The molecule has 0 amide bonds. The summed E-state index contributed by atoms with van der Waals surface area (Å²) in [5.41, 5.74) is 0. The van der Waals surface area contributed by atoms with Gasteiger partial charge in [-0.25, -0.2) is 0 Å². The monoisotopic (exact) mass is 183 g/mol. The van der Waals surface area contributed by atoms with Crippen LogP contribution in [0, 0.1) is 5.92 Å². The summed E-state index contributed by atoms with van der Waals surface area (Å²) in [7, 11) is 2.30. The first kappa shape index (κ1) is 11.0. The minimum Gasteiger partial charge on any atom is -0.300 e. The van der Waals surface area contributed by atoms with Crippen LogP contribution in [0.3, 0.4) is 0 Å². The number of nitrogens with zero attached hydrogens (tertiary/aromatic N) is 1. The van der Waals surface area contributed by atoms with E-state index in [9.17, 15) is 0 Å². The Morgan fingerprint density at radius 3 is 2.54 bits per heavy atom. The lowest BCUT2D eigenvalue weighted by molar-refractivity contribution is 0.222. The minimum atomic E-state index is 0.812. The fourth-order valence-electron chi connectivity index (χ4n) is 2.82. The van der Waals surface area contributed by atoms with Crippen LogP contribution in [0.25, 0.3) is 0 Å². The molecular formula is C12H25N. The zero-order chi connectivity index (χ0) is 9.84. The van der Waals surface area contributed by atoms with Gasteiger partial charge in [0.1, 0.15) is 0 Å². The van der Waals surface area contributed by atoms with Crippen molar-refractivity contribution in [2.45, 2.75) is 65.0 Å². The highest BCUT2D eigenvalue weighted by molar-refractivity contribution is 4.88. The predicted molar refractivity (Wildman–Crippen MR) is 58.9 cm³/mol. The molecule has 2 unspecified atom stereocenters. The van der Waals surface area contributed by atoms with Gasteiger partial charge in [0.25, 0.3) is 0 Å². The van der Waals surface area contributed by atoms with Gasteiger partial charge in [-0.15, -0.1) is 0 Å². The Balaban J connectivity index is 2.44. The van der Waals surface area contributed by atoms with Gasteiger partial charge >= 0.3 is 0 Å². The Hall–Kier alpha value is -0.0400. The van der Waals surface area contributed by atoms with Crippen molar-refractivity contribution in [3.63, 3.8) is 0 Å². The summed E-state index contributed by atoms with van der Waals surface area (Å²) < 4.78 is 0. The van der Waals surface area contributed by atoms with Crippen molar-refractivity contribution in [2.75, 3.05) is 7.05 Å². The van der Waals surface area contributed by atoms with E-state index in [1.807, 2.05) is 0 Å². The van der Waals surface area contributed by atoms with Crippen molar-refractivity contribution in [1.82, 2.24) is 4.90 Å². The van der Waals surface area contributed by atoms with Gasteiger partial charge in [0, 0.05) is 12.1 Å². The quantitative estimate of drug-likeness (QED) is 0.646. The molecule has 0 aromatic heterocycles.